The van der Waals surface area contributed by atoms with Crippen LogP contribution in [0.5, 0.6) is 0 Å². The van der Waals surface area contributed by atoms with Gasteiger partial charge in [0.2, 0.25) is 0 Å². The van der Waals surface area contributed by atoms with Crippen LogP contribution in [0.1, 0.15) is 12.1 Å². The van der Waals surface area contributed by atoms with Crippen molar-refractivity contribution < 1.29 is 9.90 Å². The fourth-order valence-corrected chi connectivity index (χ4v) is 2.57. The highest BCUT2D eigenvalue weighted by molar-refractivity contribution is 7.13. The molecule has 0 saturated carbocycles. The molecule has 0 atom stereocenters. The molecule has 0 amide bonds. The Bertz CT molecular complexity index is 539. The fourth-order valence-electron chi connectivity index (χ4n) is 1.54. The lowest BCUT2D eigenvalue weighted by Crippen LogP contribution is -1.98. The number of halogens is 1. The van der Waals surface area contributed by atoms with Gasteiger partial charge in [-0.05, 0) is 17.7 Å². The third-order valence-corrected chi connectivity index (χ3v) is 3.46. The van der Waals surface area contributed by atoms with Gasteiger partial charge < -0.3 is 5.11 Å². The second-order valence-corrected chi connectivity index (χ2v) is 4.82. The number of benzene rings is 1. The van der Waals surface area contributed by atoms with Crippen LogP contribution >= 0.6 is 22.9 Å². The van der Waals surface area contributed by atoms with Gasteiger partial charge in [0, 0.05) is 11.4 Å². The van der Waals surface area contributed by atoms with Crippen molar-refractivity contribution in [1.82, 2.24) is 4.98 Å². The Balaban J connectivity index is 2.27. The quantitative estimate of drug-likeness (QED) is 0.923. The topological polar surface area (TPSA) is 50.2 Å². The first-order chi connectivity index (χ1) is 8.16. The average Bonchev–Trinajstić information content (AvgIpc) is 2.74. The Labute approximate surface area is 108 Å². The minimum Gasteiger partial charge on any atom is -0.481 e. The van der Waals surface area contributed by atoms with E-state index in [2.05, 4.69) is 4.98 Å². The molecule has 2 aromatic rings. The summed E-state index contributed by atoms with van der Waals surface area (Å²) in [6, 6.07) is 7.49. The summed E-state index contributed by atoms with van der Waals surface area (Å²) in [4.78, 5) is 15.8. The zero-order chi connectivity index (χ0) is 12.3. The van der Waals surface area contributed by atoms with Gasteiger partial charge in [-0.15, -0.1) is 11.3 Å². The Morgan fingerprint density at radius 1 is 1.47 bits per heavy atom. The van der Waals surface area contributed by atoms with Gasteiger partial charge in [-0.2, -0.15) is 0 Å². The SMILES string of the molecule is O=C(O)CCc1ncsc1-c1cccc(Cl)c1. The van der Waals surface area contributed by atoms with Crippen LogP contribution in [0.2, 0.25) is 5.02 Å². The number of aryl methyl sites for hydroxylation is 1. The van der Waals surface area contributed by atoms with Gasteiger partial charge in [0.05, 0.1) is 22.5 Å². The third kappa shape index (κ3) is 3.05. The van der Waals surface area contributed by atoms with Crippen LogP contribution in [0.3, 0.4) is 0 Å². The fraction of sp³-hybridized carbons (Fsp3) is 0.167. The largest absolute Gasteiger partial charge is 0.481 e. The summed E-state index contributed by atoms with van der Waals surface area (Å²) >= 11 is 7.43. The first kappa shape index (κ1) is 12.1. The van der Waals surface area contributed by atoms with E-state index in [1.54, 1.807) is 5.51 Å². The molecule has 0 radical (unpaired) electrons. The number of aliphatic carboxylic acids is 1. The predicted octanol–water partition coefficient (Wildman–Crippen LogP) is 3.48. The van der Waals surface area contributed by atoms with Crippen LogP contribution in [0.4, 0.5) is 0 Å². The lowest BCUT2D eigenvalue weighted by atomic mass is 10.1. The van der Waals surface area contributed by atoms with Gasteiger partial charge in [0.15, 0.2) is 0 Å². The summed E-state index contributed by atoms with van der Waals surface area (Å²) in [7, 11) is 0. The number of aromatic nitrogens is 1. The minimum atomic E-state index is -0.810. The molecule has 1 N–H and O–H groups in total. The molecule has 3 nitrogen and oxygen atoms in total. The molecule has 5 heteroatoms. The number of nitrogens with zero attached hydrogens (tertiary/aromatic N) is 1. The molecule has 0 aliphatic rings. The summed E-state index contributed by atoms with van der Waals surface area (Å²) < 4.78 is 0. The van der Waals surface area contributed by atoms with E-state index in [-0.39, 0.29) is 6.42 Å². The molecule has 88 valence electrons. The van der Waals surface area contributed by atoms with Gasteiger partial charge in [-0.1, -0.05) is 23.7 Å². The summed E-state index contributed by atoms with van der Waals surface area (Å²) in [5.41, 5.74) is 3.54. The number of rotatable bonds is 4. The van der Waals surface area contributed by atoms with Crippen molar-refractivity contribution in [3.05, 3.63) is 40.5 Å². The van der Waals surface area contributed by atoms with Crippen molar-refractivity contribution in [3.8, 4) is 10.4 Å². The second kappa shape index (κ2) is 5.29. The highest BCUT2D eigenvalue weighted by Crippen LogP contribution is 2.30. The highest BCUT2D eigenvalue weighted by atomic mass is 35.5. The third-order valence-electron chi connectivity index (χ3n) is 2.30. The van der Waals surface area contributed by atoms with Crippen LogP contribution in [0.25, 0.3) is 10.4 Å². The summed E-state index contributed by atoms with van der Waals surface area (Å²) in [6.07, 6.45) is 0.540. The normalized spacial score (nSPS) is 10.4. The lowest BCUT2D eigenvalue weighted by Gasteiger charge is -2.01. The Morgan fingerprint density at radius 2 is 2.29 bits per heavy atom. The van der Waals surface area contributed by atoms with E-state index in [1.165, 1.54) is 11.3 Å². The molecule has 0 unspecified atom stereocenters. The molecule has 17 heavy (non-hydrogen) atoms. The second-order valence-electron chi connectivity index (χ2n) is 3.53. The maximum Gasteiger partial charge on any atom is 0.303 e. The maximum atomic E-state index is 10.6. The number of carboxylic acids is 1. The minimum absolute atomic E-state index is 0.0945. The van der Waals surface area contributed by atoms with Crippen molar-refractivity contribution in [2.24, 2.45) is 0 Å². The van der Waals surface area contributed by atoms with Crippen LogP contribution in [-0.2, 0) is 11.2 Å². The number of hydrogen-bond donors (Lipinski definition) is 1. The molecule has 1 aromatic carbocycles. The van der Waals surface area contributed by atoms with Crippen LogP contribution in [0.15, 0.2) is 29.8 Å². The molecule has 0 bridgehead atoms. The van der Waals surface area contributed by atoms with E-state index in [0.717, 1.165) is 16.1 Å². The van der Waals surface area contributed by atoms with E-state index >= 15 is 0 Å². The van der Waals surface area contributed by atoms with E-state index in [4.69, 9.17) is 16.7 Å². The zero-order valence-electron chi connectivity index (χ0n) is 8.89. The van der Waals surface area contributed by atoms with E-state index in [1.807, 2.05) is 24.3 Å². The molecule has 0 aliphatic heterocycles. The zero-order valence-corrected chi connectivity index (χ0v) is 10.5. The lowest BCUT2D eigenvalue weighted by molar-refractivity contribution is -0.136. The van der Waals surface area contributed by atoms with Crippen molar-refractivity contribution in [3.63, 3.8) is 0 Å². The van der Waals surface area contributed by atoms with Gasteiger partial charge in [0.25, 0.3) is 0 Å². The summed E-state index contributed by atoms with van der Waals surface area (Å²) in [5.74, 6) is -0.810. The van der Waals surface area contributed by atoms with Gasteiger partial charge in [-0.3, -0.25) is 4.79 Å². The summed E-state index contributed by atoms with van der Waals surface area (Å²) in [5, 5.41) is 9.34. The Morgan fingerprint density at radius 3 is 3.00 bits per heavy atom. The van der Waals surface area contributed by atoms with E-state index in [0.29, 0.717) is 11.4 Å². The molecular formula is C12H10ClNO2S. The van der Waals surface area contributed by atoms with Crippen molar-refractivity contribution in [2.45, 2.75) is 12.8 Å². The van der Waals surface area contributed by atoms with Crippen LogP contribution in [-0.4, -0.2) is 16.1 Å². The number of hydrogen-bond acceptors (Lipinski definition) is 3. The van der Waals surface area contributed by atoms with Crippen molar-refractivity contribution >= 4 is 28.9 Å². The molecule has 0 fully saturated rings. The first-order valence-corrected chi connectivity index (χ1v) is 6.32. The molecule has 0 aliphatic carbocycles. The van der Waals surface area contributed by atoms with Gasteiger partial charge in [-0.25, -0.2) is 4.98 Å². The molecular weight excluding hydrogens is 258 g/mol. The smallest absolute Gasteiger partial charge is 0.303 e. The standard InChI is InChI=1S/C12H10ClNO2S/c13-9-3-1-2-8(6-9)12-10(14-7-17-12)4-5-11(15)16/h1-3,6-7H,4-5H2,(H,15,16). The average molecular weight is 268 g/mol. The monoisotopic (exact) mass is 267 g/mol. The van der Waals surface area contributed by atoms with Crippen molar-refractivity contribution in [1.29, 1.82) is 0 Å². The number of thiazole rings is 1. The molecule has 1 aromatic heterocycles. The molecule has 1 heterocycles. The first-order valence-electron chi connectivity index (χ1n) is 5.07. The Hall–Kier alpha value is -1.39. The van der Waals surface area contributed by atoms with Gasteiger partial charge in [0.1, 0.15) is 0 Å². The van der Waals surface area contributed by atoms with Crippen LogP contribution < -0.4 is 0 Å². The van der Waals surface area contributed by atoms with Crippen molar-refractivity contribution in [2.75, 3.05) is 0 Å². The molecule has 2 rings (SSSR count). The molecule has 0 spiro atoms. The van der Waals surface area contributed by atoms with Gasteiger partial charge >= 0.3 is 5.97 Å². The van der Waals surface area contributed by atoms with E-state index < -0.39 is 5.97 Å². The summed E-state index contributed by atoms with van der Waals surface area (Å²) in [6.45, 7) is 0. The Kier molecular flexibility index (Phi) is 3.76. The van der Waals surface area contributed by atoms with Crippen LogP contribution in [0, 0.1) is 0 Å². The van der Waals surface area contributed by atoms with E-state index in [9.17, 15) is 4.79 Å². The number of carbonyl (C=O) groups is 1. The number of carboxylic acid groups (broad SMARTS) is 1. The maximum absolute atomic E-state index is 10.6. The predicted molar refractivity (Wildman–Crippen MR) is 68.5 cm³/mol. The molecule has 0 saturated heterocycles. The highest BCUT2D eigenvalue weighted by Gasteiger charge is 2.10.